The van der Waals surface area contributed by atoms with Gasteiger partial charge in [-0.15, -0.1) is 0 Å². The molecular formula is C16H20N4O3. The van der Waals surface area contributed by atoms with E-state index < -0.39 is 5.72 Å². The first-order valence-corrected chi connectivity index (χ1v) is 8.05. The van der Waals surface area contributed by atoms with Gasteiger partial charge in [-0.1, -0.05) is 0 Å². The Morgan fingerprint density at radius 2 is 2.35 bits per heavy atom. The van der Waals surface area contributed by atoms with Crippen molar-refractivity contribution in [2.75, 3.05) is 32.1 Å². The second kappa shape index (κ2) is 5.19. The summed E-state index contributed by atoms with van der Waals surface area (Å²) in [6.07, 6.45) is 3.55. The van der Waals surface area contributed by atoms with E-state index in [4.69, 9.17) is 4.74 Å². The fourth-order valence-corrected chi connectivity index (χ4v) is 4.12. The number of carbonyl (C=O) groups is 2. The lowest BCUT2D eigenvalue weighted by Gasteiger charge is -2.42. The molecule has 0 bridgehead atoms. The van der Waals surface area contributed by atoms with Crippen molar-refractivity contribution < 1.29 is 14.3 Å². The molecule has 0 saturated carbocycles. The van der Waals surface area contributed by atoms with Crippen LogP contribution in [-0.4, -0.2) is 65.1 Å². The normalized spacial score (nSPS) is 29.4. The molecule has 1 spiro atoms. The molecule has 7 heteroatoms. The zero-order valence-corrected chi connectivity index (χ0v) is 13.1. The van der Waals surface area contributed by atoms with E-state index in [1.807, 2.05) is 4.90 Å². The van der Waals surface area contributed by atoms with Crippen molar-refractivity contribution >= 4 is 17.6 Å². The number of aromatic nitrogens is 1. The van der Waals surface area contributed by atoms with Gasteiger partial charge in [0.2, 0.25) is 5.91 Å². The van der Waals surface area contributed by atoms with Crippen molar-refractivity contribution in [1.29, 1.82) is 0 Å². The smallest absolute Gasteiger partial charge is 0.258 e. The molecule has 0 aliphatic carbocycles. The molecule has 1 N–H and O–H groups in total. The van der Waals surface area contributed by atoms with Crippen molar-refractivity contribution in [2.45, 2.75) is 31.0 Å². The zero-order chi connectivity index (χ0) is 16.0. The van der Waals surface area contributed by atoms with Crippen LogP contribution in [0.25, 0.3) is 0 Å². The minimum Gasteiger partial charge on any atom is -0.372 e. The lowest BCUT2D eigenvalue weighted by Crippen LogP contribution is -2.56. The first kappa shape index (κ1) is 14.4. The second-order valence-electron chi connectivity index (χ2n) is 6.21. The largest absolute Gasteiger partial charge is 0.372 e. The van der Waals surface area contributed by atoms with Crippen LogP contribution in [0.2, 0.25) is 0 Å². The van der Waals surface area contributed by atoms with Crippen molar-refractivity contribution in [3.63, 3.8) is 0 Å². The Labute approximate surface area is 134 Å². The van der Waals surface area contributed by atoms with E-state index in [0.717, 1.165) is 13.0 Å². The molecule has 3 aliphatic rings. The highest BCUT2D eigenvalue weighted by Gasteiger charge is 2.61. The third kappa shape index (κ3) is 1.96. The van der Waals surface area contributed by atoms with Crippen molar-refractivity contribution in [1.82, 2.24) is 14.8 Å². The molecule has 0 radical (unpaired) electrons. The van der Waals surface area contributed by atoms with Crippen molar-refractivity contribution in [3.8, 4) is 0 Å². The average Bonchev–Trinajstić information content (AvgIpc) is 3.06. The summed E-state index contributed by atoms with van der Waals surface area (Å²) >= 11 is 0. The molecule has 0 aromatic carbocycles. The minimum absolute atomic E-state index is 0.0897. The summed E-state index contributed by atoms with van der Waals surface area (Å²) in [6.45, 7) is 1.98. The van der Waals surface area contributed by atoms with Crippen LogP contribution in [-0.2, 0) is 9.53 Å². The summed E-state index contributed by atoms with van der Waals surface area (Å²) in [5.74, 6) is 0.560. The van der Waals surface area contributed by atoms with Crippen LogP contribution in [0, 0.1) is 0 Å². The third-order valence-electron chi connectivity index (χ3n) is 5.15. The van der Waals surface area contributed by atoms with Gasteiger partial charge in [0.1, 0.15) is 5.82 Å². The molecule has 4 rings (SSSR count). The van der Waals surface area contributed by atoms with Gasteiger partial charge >= 0.3 is 0 Å². The fourth-order valence-electron chi connectivity index (χ4n) is 4.12. The molecular weight excluding hydrogens is 296 g/mol. The predicted octanol–water partition coefficient (Wildman–Crippen LogP) is 0.687. The second-order valence-corrected chi connectivity index (χ2v) is 6.21. The Kier molecular flexibility index (Phi) is 3.26. The standard InChI is InChI=1S/C16H20N4O3/c1-17-14-11(4-2-6-18-14)15(22)19-8-5-16-12(19)10-13(21)20(16)7-3-9-23-16/h2,4,6,12H,3,5,7-10H2,1H3,(H,17,18)/t12-,16+/m1/s1. The molecule has 4 heterocycles. The highest BCUT2D eigenvalue weighted by Crippen LogP contribution is 2.45. The maximum Gasteiger partial charge on any atom is 0.258 e. The highest BCUT2D eigenvalue weighted by molar-refractivity contribution is 5.99. The first-order valence-electron chi connectivity index (χ1n) is 8.05. The Bertz CT molecular complexity index is 664. The summed E-state index contributed by atoms with van der Waals surface area (Å²) < 4.78 is 6.04. The van der Waals surface area contributed by atoms with Crippen LogP contribution in [0.3, 0.4) is 0 Å². The van der Waals surface area contributed by atoms with Crippen molar-refractivity contribution in [3.05, 3.63) is 23.9 Å². The number of nitrogens with zero attached hydrogens (tertiary/aromatic N) is 3. The van der Waals surface area contributed by atoms with Crippen LogP contribution in [0.5, 0.6) is 0 Å². The van der Waals surface area contributed by atoms with Crippen LogP contribution >= 0.6 is 0 Å². The fraction of sp³-hybridized carbons (Fsp3) is 0.562. The molecule has 3 saturated heterocycles. The zero-order valence-electron chi connectivity index (χ0n) is 13.1. The SMILES string of the molecule is CNc1ncccc1C(=O)N1CC[C@@]23OCCCN2C(=O)C[C@@H]13. The van der Waals surface area contributed by atoms with Crippen LogP contribution in [0.1, 0.15) is 29.6 Å². The first-order chi connectivity index (χ1) is 11.2. The molecule has 3 aliphatic heterocycles. The Morgan fingerprint density at radius 1 is 1.48 bits per heavy atom. The number of pyridine rings is 1. The Morgan fingerprint density at radius 3 is 3.17 bits per heavy atom. The van der Waals surface area contributed by atoms with E-state index in [-0.39, 0.29) is 17.9 Å². The van der Waals surface area contributed by atoms with E-state index in [0.29, 0.717) is 37.4 Å². The van der Waals surface area contributed by atoms with Crippen molar-refractivity contribution in [2.24, 2.45) is 0 Å². The molecule has 122 valence electrons. The molecule has 0 unspecified atom stereocenters. The number of amides is 2. The Balaban J connectivity index is 1.66. The van der Waals surface area contributed by atoms with Crippen LogP contribution in [0.4, 0.5) is 5.82 Å². The minimum atomic E-state index is -0.604. The quantitative estimate of drug-likeness (QED) is 0.869. The van der Waals surface area contributed by atoms with Gasteiger partial charge in [0, 0.05) is 32.8 Å². The van der Waals surface area contributed by atoms with E-state index in [1.165, 1.54) is 0 Å². The van der Waals surface area contributed by atoms with Crippen LogP contribution in [0.15, 0.2) is 18.3 Å². The lowest BCUT2D eigenvalue weighted by atomic mass is 10.0. The highest BCUT2D eigenvalue weighted by atomic mass is 16.5. The number of ether oxygens (including phenoxy) is 1. The van der Waals surface area contributed by atoms with Gasteiger partial charge in [-0.25, -0.2) is 4.98 Å². The Hall–Kier alpha value is -2.15. The van der Waals surface area contributed by atoms with E-state index in [2.05, 4.69) is 10.3 Å². The number of anilines is 1. The summed E-state index contributed by atoms with van der Waals surface area (Å²) in [7, 11) is 1.75. The molecule has 7 nitrogen and oxygen atoms in total. The summed E-state index contributed by atoms with van der Waals surface area (Å²) in [4.78, 5) is 33.2. The van der Waals surface area contributed by atoms with E-state index in [9.17, 15) is 9.59 Å². The van der Waals surface area contributed by atoms with Gasteiger partial charge in [-0.05, 0) is 18.6 Å². The maximum atomic E-state index is 13.0. The molecule has 1 aromatic rings. The van der Waals surface area contributed by atoms with E-state index in [1.54, 1.807) is 30.3 Å². The topological polar surface area (TPSA) is 74.8 Å². The van der Waals surface area contributed by atoms with Gasteiger partial charge in [-0.2, -0.15) is 0 Å². The molecule has 2 atom stereocenters. The summed E-state index contributed by atoms with van der Waals surface area (Å²) in [5.41, 5.74) is -0.0683. The molecule has 1 aromatic heterocycles. The number of carbonyl (C=O) groups excluding carboxylic acids is 2. The third-order valence-corrected chi connectivity index (χ3v) is 5.15. The number of hydrogen-bond acceptors (Lipinski definition) is 5. The number of hydrogen-bond donors (Lipinski definition) is 1. The van der Waals surface area contributed by atoms with Gasteiger partial charge in [0.05, 0.1) is 24.6 Å². The predicted molar refractivity (Wildman–Crippen MR) is 82.9 cm³/mol. The average molecular weight is 316 g/mol. The molecule has 2 amide bonds. The van der Waals surface area contributed by atoms with Gasteiger partial charge < -0.3 is 19.9 Å². The summed E-state index contributed by atoms with van der Waals surface area (Å²) in [5, 5.41) is 2.96. The maximum absolute atomic E-state index is 13.0. The lowest BCUT2D eigenvalue weighted by molar-refractivity contribution is -0.179. The van der Waals surface area contributed by atoms with Gasteiger partial charge in [-0.3, -0.25) is 9.59 Å². The monoisotopic (exact) mass is 316 g/mol. The van der Waals surface area contributed by atoms with Crippen LogP contribution < -0.4 is 5.32 Å². The van der Waals surface area contributed by atoms with Gasteiger partial charge in [0.25, 0.3) is 5.91 Å². The summed E-state index contributed by atoms with van der Waals surface area (Å²) in [6, 6.07) is 3.32. The van der Waals surface area contributed by atoms with E-state index >= 15 is 0 Å². The molecule has 23 heavy (non-hydrogen) atoms. The number of rotatable bonds is 2. The number of likely N-dealkylation sites (tertiary alicyclic amines) is 1. The van der Waals surface area contributed by atoms with Gasteiger partial charge in [0.15, 0.2) is 5.72 Å². The number of nitrogens with one attached hydrogen (secondary N) is 1. The molecule has 3 fully saturated rings.